The maximum atomic E-state index is 14.9. The summed E-state index contributed by atoms with van der Waals surface area (Å²) in [7, 11) is -3.87. The van der Waals surface area contributed by atoms with E-state index in [0.29, 0.717) is 9.79 Å². The Kier molecular flexibility index (Phi) is 7.20. The van der Waals surface area contributed by atoms with E-state index < -0.39 is 15.3 Å². The van der Waals surface area contributed by atoms with Gasteiger partial charge in [-0.25, -0.2) is 8.42 Å². The van der Waals surface area contributed by atoms with Gasteiger partial charge in [0.15, 0.2) is 0 Å². The summed E-state index contributed by atoms with van der Waals surface area (Å²) in [5.74, 6) is 0. The highest BCUT2D eigenvalue weighted by Gasteiger charge is 2.53. The Balaban J connectivity index is 1.19. The number of nitrogens with zero attached hydrogens (tertiary/aromatic N) is 1. The van der Waals surface area contributed by atoms with Crippen molar-refractivity contribution >= 4 is 31.6 Å². The summed E-state index contributed by atoms with van der Waals surface area (Å²) in [5, 5.41) is 1.94. The first-order valence-electron chi connectivity index (χ1n) is 19.3. The molecular weight excluding hydrogens is 703 g/mol. The number of para-hydroxylation sites is 1. The second-order valence-corrected chi connectivity index (χ2v) is 17.1. The van der Waals surface area contributed by atoms with E-state index in [2.05, 4.69) is 157 Å². The van der Waals surface area contributed by atoms with Gasteiger partial charge in [0.25, 0.3) is 0 Å². The van der Waals surface area contributed by atoms with Crippen molar-refractivity contribution in [3.8, 4) is 27.9 Å². The molecule has 3 nitrogen and oxygen atoms in total. The van der Waals surface area contributed by atoms with Gasteiger partial charge in [0.1, 0.15) is 0 Å². The number of hydrogen-bond acceptors (Lipinski definition) is 2. The monoisotopic (exact) mass is 739 g/mol. The van der Waals surface area contributed by atoms with Crippen LogP contribution in [0.25, 0.3) is 49.7 Å². The van der Waals surface area contributed by atoms with Crippen LogP contribution in [0.4, 0.5) is 0 Å². The molecule has 1 spiro atoms. The lowest BCUT2D eigenvalue weighted by Crippen LogP contribution is -2.36. The highest BCUT2D eigenvalue weighted by atomic mass is 32.2. The van der Waals surface area contributed by atoms with E-state index in [9.17, 15) is 8.42 Å². The van der Waals surface area contributed by atoms with Crippen LogP contribution in [0.1, 0.15) is 38.9 Å². The largest absolute Gasteiger partial charge is 0.309 e. The van der Waals surface area contributed by atoms with E-state index in [1.54, 1.807) is 6.07 Å². The Bertz CT molecular complexity index is 3130. The van der Waals surface area contributed by atoms with Crippen LogP contribution in [0.3, 0.4) is 0 Å². The van der Waals surface area contributed by atoms with Gasteiger partial charge < -0.3 is 4.57 Å². The Morgan fingerprint density at radius 1 is 0.464 bits per heavy atom. The van der Waals surface area contributed by atoms with Crippen molar-refractivity contribution in [2.24, 2.45) is 0 Å². The summed E-state index contributed by atoms with van der Waals surface area (Å²) in [4.78, 5) is 0.742. The van der Waals surface area contributed by atoms with Gasteiger partial charge in [-0.1, -0.05) is 146 Å². The highest BCUT2D eigenvalue weighted by molar-refractivity contribution is 7.91. The van der Waals surface area contributed by atoms with E-state index in [-0.39, 0.29) is 0 Å². The lowest BCUT2D eigenvalue weighted by molar-refractivity contribution is 0.581. The molecule has 4 heteroatoms. The second-order valence-electron chi connectivity index (χ2n) is 15.2. The van der Waals surface area contributed by atoms with Gasteiger partial charge >= 0.3 is 0 Å². The molecule has 8 aromatic carbocycles. The Morgan fingerprint density at radius 2 is 1.09 bits per heavy atom. The predicted octanol–water partition coefficient (Wildman–Crippen LogP) is 12.1. The van der Waals surface area contributed by atoms with Crippen LogP contribution in [0, 0.1) is 6.92 Å². The average Bonchev–Trinajstić information content (AvgIpc) is 3.73. The number of aryl methyl sites for hydroxylation is 3. The molecule has 268 valence electrons. The number of sulfone groups is 1. The molecule has 1 aromatic heterocycles. The van der Waals surface area contributed by atoms with Crippen molar-refractivity contribution in [3.63, 3.8) is 0 Å². The minimum absolute atomic E-state index is 0.370. The van der Waals surface area contributed by atoms with Crippen molar-refractivity contribution < 1.29 is 8.42 Å². The average molecular weight is 740 g/mol. The fourth-order valence-electron chi connectivity index (χ4n) is 9.84. The maximum absolute atomic E-state index is 14.9. The van der Waals surface area contributed by atoms with E-state index in [4.69, 9.17) is 0 Å². The molecule has 0 N–H and O–H groups in total. The minimum atomic E-state index is -3.87. The van der Waals surface area contributed by atoms with Gasteiger partial charge in [-0.15, -0.1) is 0 Å². The first-order chi connectivity index (χ1) is 27.5. The van der Waals surface area contributed by atoms with Gasteiger partial charge in [0.05, 0.1) is 26.2 Å². The third-order valence-electron chi connectivity index (χ3n) is 12.3. The molecule has 2 aliphatic rings. The standard InChI is InChI=1S/C52H37NO2S/c1-34-27-30-37(31-42(34)38-18-6-5-17-36(38)29-28-35-15-3-2-4-16-35)53-48-25-13-9-21-41(48)43-32-51-47(33-49(43)53)52(46-24-12-14-26-50(46)56(51,54)55)44-22-10-7-19-39(44)40-20-8-11-23-45(40)52/h2-27,30-33H,28-29H2,1H3. The molecule has 0 bridgehead atoms. The van der Waals surface area contributed by atoms with Gasteiger partial charge in [0, 0.05) is 16.5 Å². The number of aromatic nitrogens is 1. The van der Waals surface area contributed by atoms with Crippen LogP contribution in [0.5, 0.6) is 0 Å². The zero-order valence-corrected chi connectivity index (χ0v) is 31.7. The SMILES string of the molecule is Cc1ccc(-n2c3ccccc3c3cc4c(cc32)C2(c3ccccc3-c3ccccc32)c2ccccc2S4(=O)=O)cc1-c1ccccc1CCc1ccccc1. The van der Waals surface area contributed by atoms with Gasteiger partial charge in [-0.05, 0) is 117 Å². The molecule has 11 rings (SSSR count). The molecule has 0 atom stereocenters. The second kappa shape index (κ2) is 12.3. The lowest BCUT2D eigenvalue weighted by Gasteiger charge is -2.39. The first kappa shape index (κ1) is 32.9. The first-order valence-corrected chi connectivity index (χ1v) is 20.8. The maximum Gasteiger partial charge on any atom is 0.207 e. The minimum Gasteiger partial charge on any atom is -0.309 e. The molecule has 1 aliphatic carbocycles. The normalized spacial score (nSPS) is 14.4. The third-order valence-corrected chi connectivity index (χ3v) is 14.2. The summed E-state index contributed by atoms with van der Waals surface area (Å²) in [6, 6.07) is 63.5. The fourth-order valence-corrected chi connectivity index (χ4v) is 11.6. The Labute approximate surface area is 327 Å². The molecule has 1 aliphatic heterocycles. The van der Waals surface area contributed by atoms with Crippen LogP contribution in [0.15, 0.2) is 192 Å². The molecule has 2 heterocycles. The molecule has 0 saturated heterocycles. The van der Waals surface area contributed by atoms with Crippen LogP contribution in [0.2, 0.25) is 0 Å². The fraction of sp³-hybridized carbons (Fsp3) is 0.0769. The number of fused-ring (bicyclic) bond motifs is 12. The molecule has 0 radical (unpaired) electrons. The number of rotatable bonds is 5. The molecule has 0 saturated carbocycles. The van der Waals surface area contributed by atoms with Crippen molar-refractivity contribution in [2.75, 3.05) is 0 Å². The van der Waals surface area contributed by atoms with E-state index >= 15 is 0 Å². The smallest absolute Gasteiger partial charge is 0.207 e. The van der Waals surface area contributed by atoms with Gasteiger partial charge in [0.2, 0.25) is 9.84 Å². The summed E-state index contributed by atoms with van der Waals surface area (Å²) >= 11 is 0. The van der Waals surface area contributed by atoms with Crippen molar-refractivity contribution in [2.45, 2.75) is 35.0 Å². The van der Waals surface area contributed by atoms with Crippen molar-refractivity contribution in [1.29, 1.82) is 0 Å². The summed E-state index contributed by atoms with van der Waals surface area (Å²) in [5.41, 5.74) is 14.6. The number of benzene rings is 8. The molecule has 0 fully saturated rings. The molecule has 56 heavy (non-hydrogen) atoms. The van der Waals surface area contributed by atoms with Crippen molar-refractivity contribution in [1.82, 2.24) is 4.57 Å². The lowest BCUT2D eigenvalue weighted by atomic mass is 9.67. The van der Waals surface area contributed by atoms with Crippen molar-refractivity contribution in [3.05, 3.63) is 221 Å². The van der Waals surface area contributed by atoms with Crippen LogP contribution in [-0.4, -0.2) is 13.0 Å². The zero-order valence-electron chi connectivity index (χ0n) is 30.9. The molecule has 0 unspecified atom stereocenters. The Morgan fingerprint density at radius 3 is 1.86 bits per heavy atom. The molecule has 0 amide bonds. The van der Waals surface area contributed by atoms with Crippen LogP contribution < -0.4 is 0 Å². The third kappa shape index (κ3) is 4.54. The van der Waals surface area contributed by atoms with E-state index in [1.165, 1.54) is 27.8 Å². The highest BCUT2D eigenvalue weighted by Crippen LogP contribution is 2.61. The topological polar surface area (TPSA) is 39.1 Å². The molecule has 9 aromatic rings. The summed E-state index contributed by atoms with van der Waals surface area (Å²) < 4.78 is 32.2. The Hall–Kier alpha value is -6.49. The van der Waals surface area contributed by atoms with E-state index in [0.717, 1.165) is 73.7 Å². The van der Waals surface area contributed by atoms with Crippen LogP contribution >= 0.6 is 0 Å². The quantitative estimate of drug-likeness (QED) is 0.176. The predicted molar refractivity (Wildman–Crippen MR) is 228 cm³/mol. The number of hydrogen-bond donors (Lipinski definition) is 0. The van der Waals surface area contributed by atoms with E-state index in [1.807, 2.05) is 30.3 Å². The summed E-state index contributed by atoms with van der Waals surface area (Å²) in [6.45, 7) is 2.19. The zero-order chi connectivity index (χ0) is 37.6. The summed E-state index contributed by atoms with van der Waals surface area (Å²) in [6.07, 6.45) is 1.90. The van der Waals surface area contributed by atoms with Gasteiger partial charge in [-0.3, -0.25) is 0 Å². The van der Waals surface area contributed by atoms with Gasteiger partial charge in [-0.2, -0.15) is 0 Å². The van der Waals surface area contributed by atoms with Crippen LogP contribution in [-0.2, 0) is 28.1 Å². The molecular formula is C52H37NO2S.